The first kappa shape index (κ1) is 33.0. The van der Waals surface area contributed by atoms with Gasteiger partial charge in [0, 0.05) is 23.4 Å². The number of unbranched alkanes of at least 4 members (excludes halogenated alkanes) is 2. The molecule has 0 fully saturated rings. The van der Waals surface area contributed by atoms with Crippen LogP contribution in [0.25, 0.3) is 0 Å². The molecule has 1 heterocycles. The van der Waals surface area contributed by atoms with Crippen LogP contribution in [0.1, 0.15) is 67.2 Å². The molecule has 0 radical (unpaired) electrons. The zero-order valence-electron chi connectivity index (χ0n) is 23.7. The number of rotatable bonds is 13. The molecule has 2 N–H and O–H groups in total. The number of carbonyl (C=O) groups excluding carboxylic acids is 3. The molecule has 210 valence electrons. The Balaban J connectivity index is 2.61. The second kappa shape index (κ2) is 16.7. The average molecular weight is 547 g/mol. The molecule has 0 aromatic carbocycles. The minimum atomic E-state index is -0.705. The van der Waals surface area contributed by atoms with Crippen LogP contribution >= 0.6 is 11.6 Å². The van der Waals surface area contributed by atoms with E-state index in [1.165, 1.54) is 13.2 Å². The number of halogens is 1. The van der Waals surface area contributed by atoms with Crippen LogP contribution in [0.4, 0.5) is 0 Å². The largest absolute Gasteiger partial charge is 0.490 e. The number of hydrogen-bond donors (Lipinski definition) is 2. The third kappa shape index (κ3) is 13.0. The van der Waals surface area contributed by atoms with Crippen molar-refractivity contribution >= 4 is 29.4 Å². The van der Waals surface area contributed by atoms with Crippen LogP contribution in [0, 0.1) is 11.3 Å². The lowest BCUT2D eigenvalue weighted by Gasteiger charge is -2.29. The lowest BCUT2D eigenvalue weighted by Crippen LogP contribution is -2.52. The summed E-state index contributed by atoms with van der Waals surface area (Å²) in [6.07, 6.45) is 18.8. The number of hydrogen-bond acceptors (Lipinski definition) is 5. The van der Waals surface area contributed by atoms with Crippen molar-refractivity contribution in [1.82, 2.24) is 10.6 Å². The monoisotopic (exact) mass is 546 g/mol. The van der Waals surface area contributed by atoms with Gasteiger partial charge >= 0.3 is 5.97 Å². The molecule has 0 aliphatic carbocycles. The number of esters is 1. The van der Waals surface area contributed by atoms with Gasteiger partial charge < -0.3 is 20.1 Å². The van der Waals surface area contributed by atoms with Gasteiger partial charge in [0.15, 0.2) is 5.76 Å². The Morgan fingerprint density at radius 3 is 2.50 bits per heavy atom. The molecule has 7 nitrogen and oxygen atoms in total. The predicted molar refractivity (Wildman–Crippen MR) is 153 cm³/mol. The Labute approximate surface area is 232 Å². The van der Waals surface area contributed by atoms with Gasteiger partial charge in [-0.25, -0.2) is 4.79 Å². The van der Waals surface area contributed by atoms with Gasteiger partial charge in [-0.1, -0.05) is 81.3 Å². The Bertz CT molecular complexity index is 995. The first-order chi connectivity index (χ1) is 17.8. The van der Waals surface area contributed by atoms with Crippen molar-refractivity contribution in [1.29, 1.82) is 0 Å². The van der Waals surface area contributed by atoms with E-state index in [2.05, 4.69) is 10.6 Å². The molecular formula is C30H43ClN2O5. The Kier molecular flexibility index (Phi) is 14.5. The summed E-state index contributed by atoms with van der Waals surface area (Å²) < 4.78 is 10.4. The molecule has 0 bridgehead atoms. The van der Waals surface area contributed by atoms with Crippen molar-refractivity contribution in [3.05, 3.63) is 71.2 Å². The molecule has 3 atom stereocenters. The minimum Gasteiger partial charge on any atom is -0.490 e. The maximum absolute atomic E-state index is 12.7. The normalized spacial score (nSPS) is 18.9. The minimum absolute atomic E-state index is 0.0114. The summed E-state index contributed by atoms with van der Waals surface area (Å²) in [7, 11) is 1.45. The maximum atomic E-state index is 12.7. The van der Waals surface area contributed by atoms with Crippen LogP contribution in [-0.2, 0) is 23.9 Å². The molecule has 2 amide bonds. The topological polar surface area (TPSA) is 93.7 Å². The van der Waals surface area contributed by atoms with Crippen molar-refractivity contribution in [2.45, 2.75) is 79.4 Å². The highest BCUT2D eigenvalue weighted by atomic mass is 35.5. The molecular weight excluding hydrogens is 504 g/mol. The number of amides is 2. The lowest BCUT2D eigenvalue weighted by atomic mass is 9.86. The molecule has 1 aliphatic heterocycles. The summed E-state index contributed by atoms with van der Waals surface area (Å²) in [5.74, 6) is -0.831. The summed E-state index contributed by atoms with van der Waals surface area (Å²) in [4.78, 5) is 37.1. The van der Waals surface area contributed by atoms with Gasteiger partial charge in [0.25, 0.3) is 0 Å². The van der Waals surface area contributed by atoms with Gasteiger partial charge in [0.2, 0.25) is 11.8 Å². The highest BCUT2D eigenvalue weighted by molar-refractivity contribution is 6.29. The van der Waals surface area contributed by atoms with Crippen LogP contribution in [-0.4, -0.2) is 37.0 Å². The summed E-state index contributed by atoms with van der Waals surface area (Å²) in [6, 6.07) is -0.705. The number of nitrogens with one attached hydrogen (secondary N) is 2. The van der Waals surface area contributed by atoms with Crippen LogP contribution in [0.15, 0.2) is 71.2 Å². The van der Waals surface area contributed by atoms with Crippen LogP contribution < -0.4 is 10.6 Å². The maximum Gasteiger partial charge on any atom is 0.373 e. The molecule has 0 saturated heterocycles. The SMILES string of the molecule is COC1=CC[C@@H]([C@@H](C)/C=C(C)/C=C\C=C/C(=O)N[C@H](C(=O)N/C=C\CCC/C=C(\C)Cl)C(C)(C)C)OC1=O. The van der Waals surface area contributed by atoms with Crippen molar-refractivity contribution < 1.29 is 23.9 Å². The van der Waals surface area contributed by atoms with Crippen LogP contribution in [0.3, 0.4) is 0 Å². The summed E-state index contributed by atoms with van der Waals surface area (Å²) in [5.41, 5.74) is 0.490. The predicted octanol–water partition coefficient (Wildman–Crippen LogP) is 6.00. The average Bonchev–Trinajstić information content (AvgIpc) is 2.83. The molecule has 38 heavy (non-hydrogen) atoms. The molecule has 0 saturated carbocycles. The van der Waals surface area contributed by atoms with Gasteiger partial charge in [0.1, 0.15) is 12.1 Å². The summed E-state index contributed by atoms with van der Waals surface area (Å²) in [5, 5.41) is 6.34. The number of allylic oxidation sites excluding steroid dienone is 7. The van der Waals surface area contributed by atoms with E-state index in [0.717, 1.165) is 29.9 Å². The van der Waals surface area contributed by atoms with Gasteiger partial charge in [-0.3, -0.25) is 9.59 Å². The van der Waals surface area contributed by atoms with Gasteiger partial charge in [-0.2, -0.15) is 0 Å². The van der Waals surface area contributed by atoms with E-state index < -0.39 is 17.4 Å². The highest BCUT2D eigenvalue weighted by Crippen LogP contribution is 2.23. The highest BCUT2D eigenvalue weighted by Gasteiger charge is 2.32. The van der Waals surface area contributed by atoms with E-state index in [-0.39, 0.29) is 29.6 Å². The number of ether oxygens (including phenoxy) is 2. The molecule has 0 aromatic rings. The fourth-order valence-electron chi connectivity index (χ4n) is 3.68. The molecule has 8 heteroatoms. The second-order valence-corrected chi connectivity index (χ2v) is 11.0. The number of carbonyl (C=O) groups is 3. The molecule has 0 spiro atoms. The van der Waals surface area contributed by atoms with Crippen molar-refractivity contribution in [2.24, 2.45) is 11.3 Å². The van der Waals surface area contributed by atoms with Gasteiger partial charge in [-0.15, -0.1) is 0 Å². The Morgan fingerprint density at radius 2 is 1.89 bits per heavy atom. The first-order valence-corrected chi connectivity index (χ1v) is 13.3. The summed E-state index contributed by atoms with van der Waals surface area (Å²) >= 11 is 5.81. The third-order valence-electron chi connectivity index (χ3n) is 5.80. The zero-order chi connectivity index (χ0) is 28.7. The van der Waals surface area contributed by atoms with E-state index in [0.29, 0.717) is 6.42 Å². The fourth-order valence-corrected chi connectivity index (χ4v) is 3.79. The van der Waals surface area contributed by atoms with E-state index in [1.807, 2.05) is 65.8 Å². The molecule has 1 aliphatic rings. The first-order valence-electron chi connectivity index (χ1n) is 12.9. The Morgan fingerprint density at radius 1 is 1.21 bits per heavy atom. The van der Waals surface area contributed by atoms with Crippen LogP contribution in [0.2, 0.25) is 0 Å². The van der Waals surface area contributed by atoms with Crippen molar-refractivity contribution in [3.63, 3.8) is 0 Å². The Hall–Kier alpha value is -3.06. The molecule has 1 rings (SSSR count). The van der Waals surface area contributed by atoms with E-state index in [9.17, 15) is 14.4 Å². The van der Waals surface area contributed by atoms with E-state index in [1.54, 1.807) is 24.4 Å². The fraction of sp³-hybridized carbons (Fsp3) is 0.500. The van der Waals surface area contributed by atoms with Crippen molar-refractivity contribution in [3.8, 4) is 0 Å². The van der Waals surface area contributed by atoms with Crippen LogP contribution in [0.5, 0.6) is 0 Å². The standard InChI is InChI=1S/C30H43ClN2O5/c1-21(20-22(2)24-17-18-25(37-7)29(36)38-24)14-11-12-16-26(34)33-27(30(4,5)6)28(35)32-19-13-9-8-10-15-23(3)31/h11-16,18-20,22,24,27H,8-10,17H2,1-7H3,(H,32,35)(H,33,34)/b14-11-,16-12-,19-13-,21-20+,23-15+/t22-,24-,27+/m0/s1. The quantitative estimate of drug-likeness (QED) is 0.128. The van der Waals surface area contributed by atoms with Gasteiger partial charge in [-0.05, 0) is 50.8 Å². The lowest BCUT2D eigenvalue weighted by molar-refractivity contribution is -0.151. The second-order valence-electron chi connectivity index (χ2n) is 10.4. The van der Waals surface area contributed by atoms with E-state index >= 15 is 0 Å². The number of methoxy groups -OCH3 is 1. The summed E-state index contributed by atoms with van der Waals surface area (Å²) in [6.45, 7) is 11.5. The van der Waals surface area contributed by atoms with E-state index in [4.69, 9.17) is 21.1 Å². The zero-order valence-corrected chi connectivity index (χ0v) is 24.4. The number of cyclic esters (lactones) is 1. The molecule has 0 unspecified atom stereocenters. The van der Waals surface area contributed by atoms with Gasteiger partial charge in [0.05, 0.1) is 7.11 Å². The van der Waals surface area contributed by atoms with Crippen molar-refractivity contribution in [2.75, 3.05) is 7.11 Å². The smallest absolute Gasteiger partial charge is 0.373 e. The molecule has 0 aromatic heterocycles. The third-order valence-corrected chi connectivity index (χ3v) is 5.96.